The number of para-hydroxylation sites is 1. The standard InChI is InChI=1S/C19H21NO4S/c1-13(2)12-24-19(21)16-7-5-6-8-17(16)20-25(22,23)18-11-14(3)9-10-15(18)4/h5-11,20H,1,12H2,2-4H3. The molecule has 2 aromatic carbocycles. The normalized spacial score (nSPS) is 11.0. The van der Waals surface area contributed by atoms with Crippen molar-refractivity contribution in [1.29, 1.82) is 0 Å². The molecule has 2 aromatic rings. The van der Waals surface area contributed by atoms with Gasteiger partial charge in [-0.15, -0.1) is 0 Å². The minimum atomic E-state index is -3.83. The Kier molecular flexibility index (Phi) is 5.64. The van der Waals surface area contributed by atoms with E-state index in [1.54, 1.807) is 38.1 Å². The van der Waals surface area contributed by atoms with Gasteiger partial charge in [0, 0.05) is 0 Å². The Bertz CT molecular complexity index is 917. The van der Waals surface area contributed by atoms with Crippen molar-refractivity contribution >= 4 is 21.7 Å². The predicted molar refractivity (Wildman–Crippen MR) is 98.3 cm³/mol. The number of ether oxygens (including phenoxy) is 1. The van der Waals surface area contributed by atoms with Crippen LogP contribution in [0.5, 0.6) is 0 Å². The summed E-state index contributed by atoms with van der Waals surface area (Å²) in [5.41, 5.74) is 2.48. The number of benzene rings is 2. The summed E-state index contributed by atoms with van der Waals surface area (Å²) < 4.78 is 33.1. The van der Waals surface area contributed by atoms with Gasteiger partial charge in [0.05, 0.1) is 16.1 Å². The number of carbonyl (C=O) groups is 1. The van der Waals surface area contributed by atoms with E-state index in [1.807, 2.05) is 13.0 Å². The van der Waals surface area contributed by atoms with E-state index in [2.05, 4.69) is 11.3 Å². The molecule has 0 bridgehead atoms. The number of esters is 1. The van der Waals surface area contributed by atoms with Gasteiger partial charge >= 0.3 is 5.97 Å². The highest BCUT2D eigenvalue weighted by Crippen LogP contribution is 2.23. The van der Waals surface area contributed by atoms with Gasteiger partial charge in [-0.2, -0.15) is 0 Å². The van der Waals surface area contributed by atoms with E-state index in [9.17, 15) is 13.2 Å². The number of rotatable bonds is 6. The first-order valence-corrected chi connectivity index (χ1v) is 9.19. The minimum Gasteiger partial charge on any atom is -0.458 e. The van der Waals surface area contributed by atoms with Crippen molar-refractivity contribution in [2.45, 2.75) is 25.7 Å². The average Bonchev–Trinajstić information content (AvgIpc) is 2.55. The zero-order valence-corrected chi connectivity index (χ0v) is 15.3. The lowest BCUT2D eigenvalue weighted by atomic mass is 10.2. The number of hydrogen-bond donors (Lipinski definition) is 1. The Morgan fingerprint density at radius 1 is 1.16 bits per heavy atom. The molecule has 0 aromatic heterocycles. The highest BCUT2D eigenvalue weighted by molar-refractivity contribution is 7.92. The Hall–Kier alpha value is -2.60. The largest absolute Gasteiger partial charge is 0.458 e. The van der Waals surface area contributed by atoms with Gasteiger partial charge in [0.15, 0.2) is 0 Å². The third kappa shape index (κ3) is 4.70. The van der Waals surface area contributed by atoms with Gasteiger partial charge in [0.25, 0.3) is 10.0 Å². The van der Waals surface area contributed by atoms with Gasteiger partial charge in [0.2, 0.25) is 0 Å². The van der Waals surface area contributed by atoms with Crippen LogP contribution in [-0.4, -0.2) is 21.0 Å². The average molecular weight is 359 g/mol. The molecule has 5 nitrogen and oxygen atoms in total. The van der Waals surface area contributed by atoms with Gasteiger partial charge in [-0.3, -0.25) is 4.72 Å². The molecule has 0 heterocycles. The predicted octanol–water partition coefficient (Wildman–Crippen LogP) is 3.84. The molecule has 132 valence electrons. The van der Waals surface area contributed by atoms with Crippen molar-refractivity contribution in [2.75, 3.05) is 11.3 Å². The number of sulfonamides is 1. The van der Waals surface area contributed by atoms with Crippen LogP contribution in [0.15, 0.2) is 59.5 Å². The zero-order valence-electron chi connectivity index (χ0n) is 14.5. The molecule has 0 atom stereocenters. The molecule has 0 aliphatic carbocycles. The molecule has 0 spiro atoms. The highest BCUT2D eigenvalue weighted by Gasteiger charge is 2.21. The smallest absolute Gasteiger partial charge is 0.340 e. The van der Waals surface area contributed by atoms with Gasteiger partial charge in [0.1, 0.15) is 6.61 Å². The summed E-state index contributed by atoms with van der Waals surface area (Å²) in [7, 11) is -3.83. The van der Waals surface area contributed by atoms with Gasteiger partial charge in [-0.1, -0.05) is 30.8 Å². The number of nitrogens with one attached hydrogen (secondary N) is 1. The lowest BCUT2D eigenvalue weighted by molar-refractivity contribution is 0.0541. The van der Waals surface area contributed by atoms with E-state index in [0.29, 0.717) is 11.1 Å². The topological polar surface area (TPSA) is 72.5 Å². The maximum absolute atomic E-state index is 12.7. The third-order valence-corrected chi connectivity index (χ3v) is 4.98. The summed E-state index contributed by atoms with van der Waals surface area (Å²) in [5, 5.41) is 0. The maximum atomic E-state index is 12.7. The van der Waals surface area contributed by atoms with Crippen molar-refractivity contribution in [3.8, 4) is 0 Å². The van der Waals surface area contributed by atoms with Crippen LogP contribution in [0, 0.1) is 13.8 Å². The first kappa shape index (κ1) is 18.7. The molecular formula is C19H21NO4S. The molecular weight excluding hydrogens is 338 g/mol. The van der Waals surface area contributed by atoms with Crippen LogP contribution in [0.3, 0.4) is 0 Å². The van der Waals surface area contributed by atoms with Crippen LogP contribution >= 0.6 is 0 Å². The van der Waals surface area contributed by atoms with Gasteiger partial charge < -0.3 is 4.74 Å². The molecule has 0 saturated carbocycles. The van der Waals surface area contributed by atoms with E-state index < -0.39 is 16.0 Å². The Labute approximate surface area is 148 Å². The second-order valence-corrected chi connectivity index (χ2v) is 7.60. The molecule has 25 heavy (non-hydrogen) atoms. The molecule has 0 radical (unpaired) electrons. The molecule has 1 N–H and O–H groups in total. The van der Waals surface area contributed by atoms with Crippen LogP contribution in [0.25, 0.3) is 0 Å². The van der Waals surface area contributed by atoms with E-state index in [0.717, 1.165) is 5.56 Å². The van der Waals surface area contributed by atoms with E-state index >= 15 is 0 Å². The van der Waals surface area contributed by atoms with Crippen LogP contribution < -0.4 is 4.72 Å². The third-order valence-electron chi connectivity index (χ3n) is 3.47. The van der Waals surface area contributed by atoms with Crippen LogP contribution in [0.2, 0.25) is 0 Å². The van der Waals surface area contributed by atoms with Crippen molar-refractivity contribution in [3.63, 3.8) is 0 Å². The molecule has 0 saturated heterocycles. The van der Waals surface area contributed by atoms with Crippen molar-refractivity contribution in [2.24, 2.45) is 0 Å². The fraction of sp³-hybridized carbons (Fsp3) is 0.211. The zero-order chi connectivity index (χ0) is 18.6. The highest BCUT2D eigenvalue weighted by atomic mass is 32.2. The lowest BCUT2D eigenvalue weighted by Gasteiger charge is -2.14. The summed E-state index contributed by atoms with van der Waals surface area (Å²) >= 11 is 0. The SMILES string of the molecule is C=C(C)COC(=O)c1ccccc1NS(=O)(=O)c1cc(C)ccc1C. The number of carbonyl (C=O) groups excluding carboxylic acids is 1. The maximum Gasteiger partial charge on any atom is 0.340 e. The minimum absolute atomic E-state index is 0.0803. The summed E-state index contributed by atoms with van der Waals surface area (Å²) in [6.07, 6.45) is 0. The second kappa shape index (κ2) is 7.53. The number of anilines is 1. The van der Waals surface area contributed by atoms with Gasteiger partial charge in [-0.25, -0.2) is 13.2 Å². The van der Waals surface area contributed by atoms with Crippen LogP contribution in [0.1, 0.15) is 28.4 Å². The fourth-order valence-corrected chi connectivity index (χ4v) is 3.62. The summed E-state index contributed by atoms with van der Waals surface area (Å²) in [4.78, 5) is 12.4. The first-order chi connectivity index (χ1) is 11.7. The Morgan fingerprint density at radius 3 is 2.52 bits per heavy atom. The molecule has 0 unspecified atom stereocenters. The van der Waals surface area contributed by atoms with E-state index in [1.165, 1.54) is 12.1 Å². The first-order valence-electron chi connectivity index (χ1n) is 7.71. The molecule has 2 rings (SSSR count). The molecule has 0 aliphatic rings. The number of hydrogen-bond acceptors (Lipinski definition) is 4. The van der Waals surface area contributed by atoms with Crippen molar-refractivity contribution < 1.29 is 17.9 Å². The monoisotopic (exact) mass is 359 g/mol. The summed E-state index contributed by atoms with van der Waals surface area (Å²) in [6, 6.07) is 11.5. The lowest BCUT2D eigenvalue weighted by Crippen LogP contribution is -2.17. The number of aryl methyl sites for hydroxylation is 2. The van der Waals surface area contributed by atoms with E-state index in [4.69, 9.17) is 4.74 Å². The molecule has 0 amide bonds. The fourth-order valence-electron chi connectivity index (χ4n) is 2.21. The Balaban J connectivity index is 2.35. The molecule has 6 heteroatoms. The Morgan fingerprint density at radius 2 is 1.84 bits per heavy atom. The van der Waals surface area contributed by atoms with Crippen molar-refractivity contribution in [1.82, 2.24) is 0 Å². The second-order valence-electron chi connectivity index (χ2n) is 5.95. The van der Waals surface area contributed by atoms with Gasteiger partial charge in [-0.05, 0) is 55.7 Å². The molecule has 0 fully saturated rings. The van der Waals surface area contributed by atoms with E-state index in [-0.39, 0.29) is 22.8 Å². The van der Waals surface area contributed by atoms with Crippen LogP contribution in [-0.2, 0) is 14.8 Å². The quantitative estimate of drug-likeness (QED) is 0.628. The van der Waals surface area contributed by atoms with Crippen LogP contribution in [0.4, 0.5) is 5.69 Å². The summed E-state index contributed by atoms with van der Waals surface area (Å²) in [6.45, 7) is 9.03. The van der Waals surface area contributed by atoms with Crippen molar-refractivity contribution in [3.05, 3.63) is 71.3 Å². The summed E-state index contributed by atoms with van der Waals surface area (Å²) in [5.74, 6) is -0.609. The molecule has 0 aliphatic heterocycles.